The summed E-state index contributed by atoms with van der Waals surface area (Å²) in [5.74, 6) is -0.213. The van der Waals surface area contributed by atoms with E-state index in [0.29, 0.717) is 24.2 Å². The minimum Gasteiger partial charge on any atom is -0.308 e. The Hall–Kier alpha value is -1.22. The van der Waals surface area contributed by atoms with E-state index in [0.717, 1.165) is 9.35 Å². The molecule has 0 unspecified atom stereocenters. The van der Waals surface area contributed by atoms with Gasteiger partial charge in [-0.25, -0.2) is 4.39 Å². The van der Waals surface area contributed by atoms with E-state index >= 15 is 0 Å². The van der Waals surface area contributed by atoms with Gasteiger partial charge in [0.15, 0.2) is 0 Å². The van der Waals surface area contributed by atoms with Crippen LogP contribution in [0, 0.1) is 17.1 Å². The highest BCUT2D eigenvalue weighted by atomic mass is 79.9. The summed E-state index contributed by atoms with van der Waals surface area (Å²) < 4.78 is 14.3. The van der Waals surface area contributed by atoms with Crippen LogP contribution in [0.25, 0.3) is 0 Å². The van der Waals surface area contributed by atoms with Crippen molar-refractivity contribution in [1.29, 1.82) is 5.26 Å². The Morgan fingerprint density at radius 1 is 1.33 bits per heavy atom. The monoisotopic (exact) mass is 324 g/mol. The first-order valence-electron chi connectivity index (χ1n) is 5.31. The van der Waals surface area contributed by atoms with Crippen LogP contribution >= 0.6 is 27.3 Å². The van der Waals surface area contributed by atoms with Crippen LogP contribution < -0.4 is 5.32 Å². The highest BCUT2D eigenvalue weighted by Gasteiger charge is 2.03. The Bertz CT molecular complexity index is 589. The summed E-state index contributed by atoms with van der Waals surface area (Å²) in [7, 11) is 0. The largest absolute Gasteiger partial charge is 0.308 e. The average molecular weight is 325 g/mol. The van der Waals surface area contributed by atoms with Gasteiger partial charge >= 0.3 is 0 Å². The quantitative estimate of drug-likeness (QED) is 0.928. The van der Waals surface area contributed by atoms with E-state index in [-0.39, 0.29) is 5.82 Å². The van der Waals surface area contributed by atoms with Gasteiger partial charge in [-0.3, -0.25) is 0 Å². The zero-order valence-corrected chi connectivity index (χ0v) is 11.8. The Kier molecular flexibility index (Phi) is 4.48. The molecule has 92 valence electrons. The van der Waals surface area contributed by atoms with Gasteiger partial charge in [0.05, 0.1) is 5.56 Å². The summed E-state index contributed by atoms with van der Waals surface area (Å²) in [4.78, 5) is 1.07. The number of nitrogens with zero attached hydrogens (tertiary/aromatic N) is 1. The molecule has 1 aromatic carbocycles. The second kappa shape index (κ2) is 6.10. The molecule has 1 heterocycles. The lowest BCUT2D eigenvalue weighted by Crippen LogP contribution is -2.12. The number of thiophene rings is 1. The van der Waals surface area contributed by atoms with Crippen molar-refractivity contribution in [2.24, 2.45) is 0 Å². The minimum atomic E-state index is -0.213. The van der Waals surface area contributed by atoms with Gasteiger partial charge in [-0.15, -0.1) is 11.3 Å². The van der Waals surface area contributed by atoms with E-state index in [4.69, 9.17) is 5.26 Å². The fraction of sp³-hybridized carbons (Fsp3) is 0.154. The fourth-order valence-corrected chi connectivity index (χ4v) is 2.72. The van der Waals surface area contributed by atoms with Gasteiger partial charge in [0.1, 0.15) is 11.9 Å². The molecule has 0 saturated heterocycles. The molecule has 5 heteroatoms. The number of nitriles is 1. The first-order valence-corrected chi connectivity index (χ1v) is 6.98. The molecule has 0 fully saturated rings. The molecule has 2 nitrogen and oxygen atoms in total. The van der Waals surface area contributed by atoms with Crippen LogP contribution in [-0.4, -0.2) is 0 Å². The molecule has 0 aliphatic carbocycles. The SMILES string of the molecule is N#Cc1csc(CNCc2cc(Br)ccc2F)c1. The Labute approximate surface area is 117 Å². The number of hydrogen-bond acceptors (Lipinski definition) is 3. The lowest BCUT2D eigenvalue weighted by Gasteiger charge is -2.05. The molecule has 18 heavy (non-hydrogen) atoms. The summed E-state index contributed by atoms with van der Waals surface area (Å²) in [5.41, 5.74) is 1.30. The predicted molar refractivity (Wildman–Crippen MR) is 73.7 cm³/mol. The van der Waals surface area contributed by atoms with Crippen molar-refractivity contribution in [3.63, 3.8) is 0 Å². The van der Waals surface area contributed by atoms with Crippen molar-refractivity contribution in [1.82, 2.24) is 5.32 Å². The van der Waals surface area contributed by atoms with Crippen LogP contribution in [0.5, 0.6) is 0 Å². The number of halogens is 2. The topological polar surface area (TPSA) is 35.8 Å². The summed E-state index contributed by atoms with van der Waals surface area (Å²) in [6.07, 6.45) is 0. The first kappa shape index (κ1) is 13.2. The maximum absolute atomic E-state index is 13.5. The molecular weight excluding hydrogens is 315 g/mol. The van der Waals surface area contributed by atoms with Crippen LogP contribution in [0.3, 0.4) is 0 Å². The Balaban J connectivity index is 1.92. The number of hydrogen-bond donors (Lipinski definition) is 1. The predicted octanol–water partition coefficient (Wildman–Crippen LogP) is 3.81. The van der Waals surface area contributed by atoms with Gasteiger partial charge in [0, 0.05) is 33.4 Å². The number of rotatable bonds is 4. The molecule has 0 atom stereocenters. The lowest BCUT2D eigenvalue weighted by atomic mass is 10.2. The minimum absolute atomic E-state index is 0.213. The van der Waals surface area contributed by atoms with Crippen LogP contribution in [-0.2, 0) is 13.1 Å². The van der Waals surface area contributed by atoms with Gasteiger partial charge in [-0.2, -0.15) is 5.26 Å². The van der Waals surface area contributed by atoms with E-state index in [9.17, 15) is 4.39 Å². The third kappa shape index (κ3) is 3.39. The molecular formula is C13H10BrFN2S. The van der Waals surface area contributed by atoms with Crippen LogP contribution in [0.1, 0.15) is 16.0 Å². The summed E-state index contributed by atoms with van der Waals surface area (Å²) in [6, 6.07) is 8.81. The third-order valence-electron chi connectivity index (χ3n) is 2.41. The molecule has 0 aliphatic heterocycles. The van der Waals surface area contributed by atoms with E-state index in [1.807, 2.05) is 11.4 Å². The molecule has 1 N–H and O–H groups in total. The summed E-state index contributed by atoms with van der Waals surface area (Å²) >= 11 is 4.85. The van der Waals surface area contributed by atoms with Gasteiger partial charge in [0.25, 0.3) is 0 Å². The van der Waals surface area contributed by atoms with Crippen molar-refractivity contribution in [3.8, 4) is 6.07 Å². The summed E-state index contributed by atoms with van der Waals surface area (Å²) in [5, 5.41) is 13.7. The van der Waals surface area contributed by atoms with Crippen molar-refractivity contribution >= 4 is 27.3 Å². The van der Waals surface area contributed by atoms with Crippen LogP contribution in [0.2, 0.25) is 0 Å². The zero-order valence-electron chi connectivity index (χ0n) is 9.41. The lowest BCUT2D eigenvalue weighted by molar-refractivity contribution is 0.588. The Morgan fingerprint density at radius 2 is 2.17 bits per heavy atom. The summed E-state index contributed by atoms with van der Waals surface area (Å²) in [6.45, 7) is 1.10. The molecule has 0 aliphatic rings. The van der Waals surface area contributed by atoms with E-state index < -0.39 is 0 Å². The smallest absolute Gasteiger partial charge is 0.127 e. The van der Waals surface area contributed by atoms with Crippen molar-refractivity contribution in [3.05, 3.63) is 55.9 Å². The molecule has 0 radical (unpaired) electrons. The van der Waals surface area contributed by atoms with Crippen LogP contribution in [0.15, 0.2) is 34.1 Å². The average Bonchev–Trinajstić information content (AvgIpc) is 2.81. The first-order chi connectivity index (χ1) is 8.69. The maximum Gasteiger partial charge on any atom is 0.127 e. The Morgan fingerprint density at radius 3 is 2.89 bits per heavy atom. The second-order valence-electron chi connectivity index (χ2n) is 3.75. The fourth-order valence-electron chi connectivity index (χ4n) is 1.53. The molecule has 0 spiro atoms. The van der Waals surface area contributed by atoms with Gasteiger partial charge in [-0.1, -0.05) is 15.9 Å². The van der Waals surface area contributed by atoms with Gasteiger partial charge in [-0.05, 0) is 24.3 Å². The zero-order chi connectivity index (χ0) is 13.0. The molecule has 2 aromatic rings. The maximum atomic E-state index is 13.5. The van der Waals surface area contributed by atoms with Crippen molar-refractivity contribution in [2.45, 2.75) is 13.1 Å². The molecule has 0 amide bonds. The molecule has 0 saturated carbocycles. The third-order valence-corrected chi connectivity index (χ3v) is 3.84. The van der Waals surface area contributed by atoms with E-state index in [1.54, 1.807) is 12.1 Å². The normalized spacial score (nSPS) is 10.3. The molecule has 0 bridgehead atoms. The van der Waals surface area contributed by atoms with Gasteiger partial charge < -0.3 is 5.32 Å². The van der Waals surface area contributed by atoms with Crippen molar-refractivity contribution < 1.29 is 4.39 Å². The van der Waals surface area contributed by atoms with Crippen molar-refractivity contribution in [2.75, 3.05) is 0 Å². The van der Waals surface area contributed by atoms with Crippen LogP contribution in [0.4, 0.5) is 4.39 Å². The number of benzene rings is 1. The number of nitrogens with one attached hydrogen (secondary N) is 1. The highest BCUT2D eigenvalue weighted by molar-refractivity contribution is 9.10. The molecule has 2 rings (SSSR count). The van der Waals surface area contributed by atoms with E-state index in [2.05, 4.69) is 27.3 Å². The highest BCUT2D eigenvalue weighted by Crippen LogP contribution is 2.16. The molecule has 1 aromatic heterocycles. The van der Waals surface area contributed by atoms with Gasteiger partial charge in [0.2, 0.25) is 0 Å². The van der Waals surface area contributed by atoms with E-state index in [1.165, 1.54) is 17.4 Å². The standard InChI is InChI=1S/C13H10BrFN2S/c14-11-1-2-13(15)10(4-11)6-17-7-12-3-9(5-16)8-18-12/h1-4,8,17H,6-7H2. The second-order valence-corrected chi connectivity index (χ2v) is 5.66.